The molecule has 0 saturated carbocycles. The van der Waals surface area contributed by atoms with E-state index in [2.05, 4.69) is 10.5 Å². The largest absolute Gasteiger partial charge is 0.399 e. The first kappa shape index (κ1) is 12.0. The van der Waals surface area contributed by atoms with E-state index in [0.29, 0.717) is 34.9 Å². The maximum Gasteiger partial charge on any atom is 0.253 e. The highest BCUT2D eigenvalue weighted by atomic mass is 16.5. The highest BCUT2D eigenvalue weighted by Crippen LogP contribution is 2.15. The average Bonchev–Trinajstić information content (AvgIpc) is 2.72. The minimum atomic E-state index is -0.270. The second-order valence-corrected chi connectivity index (χ2v) is 3.96. The third kappa shape index (κ3) is 2.60. The number of aromatic nitrogens is 1. The Hall–Kier alpha value is -2.50. The van der Waals surface area contributed by atoms with Crippen LogP contribution < -0.4 is 16.8 Å². The van der Waals surface area contributed by atoms with Gasteiger partial charge in [-0.05, 0) is 25.1 Å². The molecule has 2 rings (SSSR count). The third-order valence-electron chi connectivity index (χ3n) is 2.43. The Kier molecular flexibility index (Phi) is 3.18. The van der Waals surface area contributed by atoms with Crippen molar-refractivity contribution in [3.8, 4) is 0 Å². The maximum absolute atomic E-state index is 11.9. The monoisotopic (exact) mass is 246 g/mol. The standard InChI is InChI=1S/C12H14N4O2/c1-7-4-9(16-18-7)6-15-12(17)10-3-2-8(13)5-11(10)14/h2-5H,6,13-14H2,1H3,(H,15,17). The zero-order valence-electron chi connectivity index (χ0n) is 9.93. The molecule has 2 aromatic rings. The highest BCUT2D eigenvalue weighted by Gasteiger charge is 2.10. The van der Waals surface area contributed by atoms with Crippen LogP contribution in [0.1, 0.15) is 21.8 Å². The summed E-state index contributed by atoms with van der Waals surface area (Å²) in [4.78, 5) is 11.9. The topological polar surface area (TPSA) is 107 Å². The van der Waals surface area contributed by atoms with Gasteiger partial charge in [-0.1, -0.05) is 5.16 Å². The summed E-state index contributed by atoms with van der Waals surface area (Å²) in [6.45, 7) is 2.08. The third-order valence-corrected chi connectivity index (χ3v) is 2.43. The normalized spacial score (nSPS) is 10.3. The van der Waals surface area contributed by atoms with Crippen molar-refractivity contribution in [2.75, 3.05) is 11.5 Å². The van der Waals surface area contributed by atoms with Crippen LogP contribution in [-0.4, -0.2) is 11.1 Å². The highest BCUT2D eigenvalue weighted by molar-refractivity contribution is 5.99. The van der Waals surface area contributed by atoms with Crippen molar-refractivity contribution in [2.45, 2.75) is 13.5 Å². The fourth-order valence-electron chi connectivity index (χ4n) is 1.56. The van der Waals surface area contributed by atoms with Gasteiger partial charge in [0, 0.05) is 17.4 Å². The number of hydrogen-bond donors (Lipinski definition) is 3. The number of rotatable bonds is 3. The van der Waals surface area contributed by atoms with Gasteiger partial charge in [-0.15, -0.1) is 0 Å². The van der Waals surface area contributed by atoms with Crippen molar-refractivity contribution in [3.63, 3.8) is 0 Å². The molecule has 0 aliphatic carbocycles. The quantitative estimate of drug-likeness (QED) is 0.702. The Morgan fingerprint density at radius 2 is 2.17 bits per heavy atom. The van der Waals surface area contributed by atoms with E-state index in [4.69, 9.17) is 16.0 Å². The van der Waals surface area contributed by atoms with Gasteiger partial charge < -0.3 is 21.3 Å². The van der Waals surface area contributed by atoms with Gasteiger partial charge in [0.1, 0.15) is 11.5 Å². The Balaban J connectivity index is 2.03. The van der Waals surface area contributed by atoms with Crippen LogP contribution in [0, 0.1) is 6.92 Å². The molecule has 6 heteroatoms. The Labute approximate surface area is 104 Å². The molecule has 0 atom stereocenters. The number of nitrogens with one attached hydrogen (secondary N) is 1. The second kappa shape index (κ2) is 4.79. The molecule has 1 heterocycles. The van der Waals surface area contributed by atoms with E-state index >= 15 is 0 Å². The first-order valence-corrected chi connectivity index (χ1v) is 5.41. The van der Waals surface area contributed by atoms with Crippen LogP contribution in [0.4, 0.5) is 11.4 Å². The van der Waals surface area contributed by atoms with Gasteiger partial charge in [0.25, 0.3) is 5.91 Å². The number of amides is 1. The summed E-state index contributed by atoms with van der Waals surface area (Å²) in [7, 11) is 0. The molecule has 1 aromatic carbocycles. The minimum absolute atomic E-state index is 0.270. The Morgan fingerprint density at radius 1 is 1.39 bits per heavy atom. The Morgan fingerprint density at radius 3 is 2.78 bits per heavy atom. The predicted octanol–water partition coefficient (Wildman–Crippen LogP) is 1.08. The summed E-state index contributed by atoms with van der Waals surface area (Å²) >= 11 is 0. The van der Waals surface area contributed by atoms with Crippen LogP contribution in [0.15, 0.2) is 28.8 Å². The predicted molar refractivity (Wildman–Crippen MR) is 67.7 cm³/mol. The van der Waals surface area contributed by atoms with E-state index in [9.17, 15) is 4.79 Å². The fourth-order valence-corrected chi connectivity index (χ4v) is 1.56. The lowest BCUT2D eigenvalue weighted by molar-refractivity contribution is 0.0951. The second-order valence-electron chi connectivity index (χ2n) is 3.96. The zero-order valence-corrected chi connectivity index (χ0v) is 9.93. The number of carbonyl (C=O) groups excluding carboxylic acids is 1. The average molecular weight is 246 g/mol. The van der Waals surface area contributed by atoms with Gasteiger partial charge in [0.15, 0.2) is 0 Å². The van der Waals surface area contributed by atoms with Gasteiger partial charge >= 0.3 is 0 Å². The fraction of sp³-hybridized carbons (Fsp3) is 0.167. The molecule has 1 aromatic heterocycles. The van der Waals surface area contributed by atoms with Gasteiger partial charge in [-0.2, -0.15) is 0 Å². The van der Waals surface area contributed by atoms with Crippen LogP contribution in [0.2, 0.25) is 0 Å². The van der Waals surface area contributed by atoms with Crippen molar-refractivity contribution in [1.82, 2.24) is 10.5 Å². The first-order valence-electron chi connectivity index (χ1n) is 5.41. The molecule has 6 nitrogen and oxygen atoms in total. The Bertz CT molecular complexity index is 577. The van der Waals surface area contributed by atoms with E-state index in [1.807, 2.05) is 0 Å². The van der Waals surface area contributed by atoms with Crippen LogP contribution in [0.5, 0.6) is 0 Å². The summed E-state index contributed by atoms with van der Waals surface area (Å²) in [5, 5.41) is 6.48. The minimum Gasteiger partial charge on any atom is -0.399 e. The lowest BCUT2D eigenvalue weighted by atomic mass is 10.1. The van der Waals surface area contributed by atoms with E-state index < -0.39 is 0 Å². The van der Waals surface area contributed by atoms with Gasteiger partial charge in [-0.25, -0.2) is 0 Å². The summed E-state index contributed by atoms with van der Waals surface area (Å²) in [5.41, 5.74) is 13.2. The molecule has 0 spiro atoms. The van der Waals surface area contributed by atoms with Gasteiger partial charge in [0.2, 0.25) is 0 Å². The van der Waals surface area contributed by atoms with E-state index in [0.717, 1.165) is 0 Å². The van der Waals surface area contributed by atoms with Gasteiger partial charge in [-0.3, -0.25) is 4.79 Å². The number of carbonyl (C=O) groups is 1. The molecule has 0 saturated heterocycles. The number of aryl methyl sites for hydroxylation is 1. The number of anilines is 2. The molecule has 0 unspecified atom stereocenters. The van der Waals surface area contributed by atoms with E-state index in [1.54, 1.807) is 31.2 Å². The summed E-state index contributed by atoms with van der Waals surface area (Å²) in [6, 6.07) is 6.53. The number of nitrogen functional groups attached to an aromatic ring is 2. The number of nitrogens with zero attached hydrogens (tertiary/aromatic N) is 1. The first-order chi connectivity index (χ1) is 8.56. The lowest BCUT2D eigenvalue weighted by Gasteiger charge is -2.06. The van der Waals surface area contributed by atoms with Crippen molar-refractivity contribution >= 4 is 17.3 Å². The smallest absolute Gasteiger partial charge is 0.253 e. The summed E-state index contributed by atoms with van der Waals surface area (Å²) < 4.78 is 4.90. The molecule has 0 aliphatic heterocycles. The molecular weight excluding hydrogens is 232 g/mol. The SMILES string of the molecule is Cc1cc(CNC(=O)c2ccc(N)cc2N)no1. The summed E-state index contributed by atoms with van der Waals surface area (Å²) in [6.07, 6.45) is 0. The van der Waals surface area contributed by atoms with E-state index in [1.165, 1.54) is 0 Å². The maximum atomic E-state index is 11.9. The molecule has 0 radical (unpaired) electrons. The molecular formula is C12H14N4O2. The van der Waals surface area contributed by atoms with Crippen LogP contribution in [0.3, 0.4) is 0 Å². The van der Waals surface area contributed by atoms with E-state index in [-0.39, 0.29) is 5.91 Å². The van der Waals surface area contributed by atoms with Crippen molar-refractivity contribution in [3.05, 3.63) is 41.3 Å². The number of benzene rings is 1. The molecule has 0 aliphatic rings. The molecule has 5 N–H and O–H groups in total. The summed E-state index contributed by atoms with van der Waals surface area (Å²) in [5.74, 6) is 0.430. The van der Waals surface area contributed by atoms with Gasteiger partial charge in [0.05, 0.1) is 12.1 Å². The molecule has 1 amide bonds. The molecule has 0 fully saturated rings. The lowest BCUT2D eigenvalue weighted by Crippen LogP contribution is -2.24. The van der Waals surface area contributed by atoms with Crippen molar-refractivity contribution < 1.29 is 9.32 Å². The van der Waals surface area contributed by atoms with Crippen LogP contribution in [0.25, 0.3) is 0 Å². The molecule has 94 valence electrons. The van der Waals surface area contributed by atoms with Crippen LogP contribution in [-0.2, 0) is 6.54 Å². The van der Waals surface area contributed by atoms with Crippen molar-refractivity contribution in [2.24, 2.45) is 0 Å². The number of nitrogens with two attached hydrogens (primary N) is 2. The zero-order chi connectivity index (χ0) is 13.1. The molecule has 0 bridgehead atoms. The molecule has 18 heavy (non-hydrogen) atoms. The van der Waals surface area contributed by atoms with Crippen molar-refractivity contribution in [1.29, 1.82) is 0 Å². The van der Waals surface area contributed by atoms with Crippen LogP contribution >= 0.6 is 0 Å². The number of hydrogen-bond acceptors (Lipinski definition) is 5.